The Hall–Kier alpha value is -3.15. The van der Waals surface area contributed by atoms with Crippen molar-refractivity contribution >= 4 is 17.2 Å². The largest absolute Gasteiger partial charge is 0.497 e. The molecule has 0 spiro atoms. The number of anilines is 1. The average Bonchev–Trinajstić information content (AvgIpc) is 2.56. The van der Waals surface area contributed by atoms with Crippen molar-refractivity contribution in [1.29, 1.82) is 0 Å². The van der Waals surface area contributed by atoms with E-state index in [4.69, 9.17) is 4.74 Å². The summed E-state index contributed by atoms with van der Waals surface area (Å²) in [7, 11) is 1.57. The molecule has 0 aliphatic heterocycles. The minimum absolute atomic E-state index is 0.0103. The van der Waals surface area contributed by atoms with Gasteiger partial charge in [0.2, 0.25) is 0 Å². The molecule has 6 heteroatoms. The topological polar surface area (TPSA) is 72.7 Å². The van der Waals surface area contributed by atoms with E-state index in [1.807, 2.05) is 13.0 Å². The molecule has 1 N–H and O–H groups in total. The van der Waals surface area contributed by atoms with Crippen LogP contribution in [0.4, 0.5) is 5.69 Å². The van der Waals surface area contributed by atoms with Crippen molar-refractivity contribution in [2.45, 2.75) is 6.92 Å². The van der Waals surface area contributed by atoms with Crippen LogP contribution >= 0.6 is 0 Å². The molecule has 0 aliphatic carbocycles. The summed E-state index contributed by atoms with van der Waals surface area (Å²) in [6.45, 7) is 1.87. The smallest absolute Gasteiger partial charge is 0.270 e. The molecule has 0 saturated heterocycles. The van der Waals surface area contributed by atoms with Gasteiger partial charge in [-0.1, -0.05) is 6.07 Å². The first kappa shape index (κ1) is 14.8. The standard InChI is InChI=1S/C17H15N3O3/c1-11-3-8-15-18-9-14(17(22)20(15)10-11)16(21)19-12-4-6-13(23-2)7-5-12/h3-10H,1-2H3,(H,19,21). The second-order valence-electron chi connectivity index (χ2n) is 5.09. The van der Waals surface area contributed by atoms with Gasteiger partial charge in [0, 0.05) is 18.1 Å². The molecular weight excluding hydrogens is 294 g/mol. The fraction of sp³-hybridized carbons (Fsp3) is 0.118. The van der Waals surface area contributed by atoms with Gasteiger partial charge in [-0.3, -0.25) is 14.0 Å². The van der Waals surface area contributed by atoms with Crippen LogP contribution in [0.2, 0.25) is 0 Å². The van der Waals surface area contributed by atoms with Gasteiger partial charge in [-0.15, -0.1) is 0 Å². The lowest BCUT2D eigenvalue weighted by Crippen LogP contribution is -2.26. The third-order valence-corrected chi connectivity index (χ3v) is 3.44. The number of aryl methyl sites for hydroxylation is 1. The van der Waals surface area contributed by atoms with Crippen LogP contribution in [-0.4, -0.2) is 22.4 Å². The van der Waals surface area contributed by atoms with Crippen molar-refractivity contribution in [2.75, 3.05) is 12.4 Å². The Morgan fingerprint density at radius 3 is 2.61 bits per heavy atom. The van der Waals surface area contributed by atoms with Gasteiger partial charge in [0.25, 0.3) is 11.5 Å². The summed E-state index contributed by atoms with van der Waals surface area (Å²) in [4.78, 5) is 28.9. The maximum atomic E-state index is 12.5. The number of fused-ring (bicyclic) bond motifs is 1. The van der Waals surface area contributed by atoms with Crippen LogP contribution in [0.1, 0.15) is 15.9 Å². The van der Waals surface area contributed by atoms with E-state index < -0.39 is 11.5 Å². The van der Waals surface area contributed by atoms with E-state index >= 15 is 0 Å². The Morgan fingerprint density at radius 2 is 1.91 bits per heavy atom. The number of hydrogen-bond acceptors (Lipinski definition) is 4. The number of hydrogen-bond donors (Lipinski definition) is 1. The molecular formula is C17H15N3O3. The summed E-state index contributed by atoms with van der Waals surface area (Å²) in [6.07, 6.45) is 2.96. The number of carbonyl (C=O) groups excluding carboxylic acids is 1. The van der Waals surface area contributed by atoms with Crippen LogP contribution in [0.15, 0.2) is 53.6 Å². The van der Waals surface area contributed by atoms with Crippen molar-refractivity contribution in [1.82, 2.24) is 9.38 Å². The Bertz CT molecular complexity index is 930. The van der Waals surface area contributed by atoms with Crippen LogP contribution < -0.4 is 15.6 Å². The predicted octanol–water partition coefficient (Wildman–Crippen LogP) is 2.26. The maximum absolute atomic E-state index is 12.5. The van der Waals surface area contributed by atoms with E-state index in [9.17, 15) is 9.59 Å². The molecule has 0 aliphatic rings. The van der Waals surface area contributed by atoms with E-state index in [2.05, 4.69) is 10.3 Å². The summed E-state index contributed by atoms with van der Waals surface area (Å²) in [6, 6.07) is 10.5. The Balaban J connectivity index is 1.94. The SMILES string of the molecule is COc1ccc(NC(=O)c2cnc3ccc(C)cn3c2=O)cc1. The number of benzene rings is 1. The molecule has 1 amide bonds. The molecule has 6 nitrogen and oxygen atoms in total. The van der Waals surface area contributed by atoms with Crippen LogP contribution in [0.3, 0.4) is 0 Å². The fourth-order valence-corrected chi connectivity index (χ4v) is 2.21. The monoisotopic (exact) mass is 309 g/mol. The van der Waals surface area contributed by atoms with Crippen LogP contribution in [0.5, 0.6) is 5.75 Å². The van der Waals surface area contributed by atoms with E-state index in [-0.39, 0.29) is 5.56 Å². The molecule has 116 valence electrons. The van der Waals surface area contributed by atoms with Crippen LogP contribution in [0, 0.1) is 6.92 Å². The number of aromatic nitrogens is 2. The number of carbonyl (C=O) groups is 1. The molecule has 0 saturated carbocycles. The molecule has 0 radical (unpaired) electrons. The lowest BCUT2D eigenvalue weighted by Gasteiger charge is -2.07. The van der Waals surface area contributed by atoms with Crippen molar-refractivity contribution in [3.05, 3.63) is 70.3 Å². The lowest BCUT2D eigenvalue weighted by atomic mass is 10.2. The van der Waals surface area contributed by atoms with Gasteiger partial charge in [0.15, 0.2) is 0 Å². The number of ether oxygens (including phenoxy) is 1. The molecule has 2 aromatic heterocycles. The first-order valence-electron chi connectivity index (χ1n) is 7.02. The summed E-state index contributed by atoms with van der Waals surface area (Å²) in [5.74, 6) is 0.189. The van der Waals surface area contributed by atoms with Gasteiger partial charge < -0.3 is 10.1 Å². The minimum atomic E-state index is -0.497. The molecule has 1 aromatic carbocycles. The highest BCUT2D eigenvalue weighted by Gasteiger charge is 2.13. The molecule has 0 fully saturated rings. The molecule has 0 bridgehead atoms. The summed E-state index contributed by atoms with van der Waals surface area (Å²) >= 11 is 0. The zero-order valence-corrected chi connectivity index (χ0v) is 12.7. The summed E-state index contributed by atoms with van der Waals surface area (Å²) in [5, 5.41) is 2.68. The van der Waals surface area contributed by atoms with Crippen molar-refractivity contribution in [2.24, 2.45) is 0 Å². The van der Waals surface area contributed by atoms with Gasteiger partial charge in [0.1, 0.15) is 17.0 Å². The predicted molar refractivity (Wildman–Crippen MR) is 87.1 cm³/mol. The first-order valence-corrected chi connectivity index (χ1v) is 7.02. The first-order chi connectivity index (χ1) is 11.1. The zero-order chi connectivity index (χ0) is 16.4. The molecule has 0 unspecified atom stereocenters. The lowest BCUT2D eigenvalue weighted by molar-refractivity contribution is 0.102. The van der Waals surface area contributed by atoms with Gasteiger partial charge in [0.05, 0.1) is 7.11 Å². The quantitative estimate of drug-likeness (QED) is 0.805. The maximum Gasteiger partial charge on any atom is 0.270 e. The number of nitrogens with zero attached hydrogens (tertiary/aromatic N) is 2. The summed E-state index contributed by atoms with van der Waals surface area (Å²) in [5.41, 5.74) is 1.58. The Labute approximate surface area is 132 Å². The Kier molecular flexibility index (Phi) is 3.80. The van der Waals surface area contributed by atoms with Crippen molar-refractivity contribution < 1.29 is 9.53 Å². The van der Waals surface area contributed by atoms with Gasteiger partial charge in [-0.25, -0.2) is 4.98 Å². The molecule has 3 rings (SSSR count). The van der Waals surface area contributed by atoms with Gasteiger partial charge in [-0.2, -0.15) is 0 Å². The van der Waals surface area contributed by atoms with Gasteiger partial charge >= 0.3 is 0 Å². The number of rotatable bonds is 3. The highest BCUT2D eigenvalue weighted by Crippen LogP contribution is 2.15. The number of methoxy groups -OCH3 is 1. The minimum Gasteiger partial charge on any atom is -0.497 e. The molecule has 23 heavy (non-hydrogen) atoms. The summed E-state index contributed by atoms with van der Waals surface area (Å²) < 4.78 is 6.43. The Morgan fingerprint density at radius 1 is 1.17 bits per heavy atom. The van der Waals surface area contributed by atoms with Gasteiger partial charge in [-0.05, 0) is 42.8 Å². The number of pyridine rings is 1. The normalized spacial score (nSPS) is 10.5. The highest BCUT2D eigenvalue weighted by atomic mass is 16.5. The second kappa shape index (κ2) is 5.92. The zero-order valence-electron chi connectivity index (χ0n) is 12.7. The number of nitrogens with one attached hydrogen (secondary N) is 1. The molecule has 0 atom stereocenters. The third-order valence-electron chi connectivity index (χ3n) is 3.44. The van der Waals surface area contributed by atoms with E-state index in [1.54, 1.807) is 43.6 Å². The van der Waals surface area contributed by atoms with E-state index in [1.165, 1.54) is 10.6 Å². The number of amides is 1. The molecule has 2 heterocycles. The fourth-order valence-electron chi connectivity index (χ4n) is 2.21. The average molecular weight is 309 g/mol. The van der Waals surface area contributed by atoms with Crippen LogP contribution in [-0.2, 0) is 0 Å². The molecule has 3 aromatic rings. The van der Waals surface area contributed by atoms with E-state index in [0.717, 1.165) is 5.56 Å². The van der Waals surface area contributed by atoms with E-state index in [0.29, 0.717) is 17.1 Å². The van der Waals surface area contributed by atoms with Crippen LogP contribution in [0.25, 0.3) is 5.65 Å². The highest BCUT2D eigenvalue weighted by molar-refractivity contribution is 6.03. The van der Waals surface area contributed by atoms with Crippen molar-refractivity contribution in [3.8, 4) is 5.75 Å². The third kappa shape index (κ3) is 2.91. The van der Waals surface area contributed by atoms with Crippen molar-refractivity contribution in [3.63, 3.8) is 0 Å². The second-order valence-corrected chi connectivity index (χ2v) is 5.09.